The fraction of sp³-hybridized carbons (Fsp3) is 0.533. The molecule has 3 rings (SSSR count). The molecular weight excluding hydrogens is 357 g/mol. The van der Waals surface area contributed by atoms with E-state index in [1.807, 2.05) is 0 Å². The Bertz CT molecular complexity index is 629. The first-order chi connectivity index (χ1) is 10.5. The summed E-state index contributed by atoms with van der Waals surface area (Å²) in [6.07, 6.45) is 1.86. The molecule has 1 aromatic rings. The molecule has 134 valence electrons. The number of nitrogens with one attached hydrogen (secondary N) is 1. The van der Waals surface area contributed by atoms with Crippen LogP contribution in [0.15, 0.2) is 18.2 Å². The highest BCUT2D eigenvalue weighted by Crippen LogP contribution is 2.38. The van der Waals surface area contributed by atoms with Crippen molar-refractivity contribution in [2.45, 2.75) is 37.9 Å². The number of anilines is 1. The van der Waals surface area contributed by atoms with Crippen LogP contribution < -0.4 is 10.2 Å². The van der Waals surface area contributed by atoms with Gasteiger partial charge in [-0.2, -0.15) is 0 Å². The molecule has 2 heterocycles. The lowest BCUT2D eigenvalue weighted by Crippen LogP contribution is -2.59. The van der Waals surface area contributed by atoms with Crippen LogP contribution in [0.4, 0.5) is 11.4 Å². The number of rotatable bonds is 4. The van der Waals surface area contributed by atoms with Crippen molar-refractivity contribution >= 4 is 42.0 Å². The molecule has 3 atom stereocenters. The highest BCUT2D eigenvalue weighted by Gasteiger charge is 2.43. The predicted molar refractivity (Wildman–Crippen MR) is 95.8 cm³/mol. The van der Waals surface area contributed by atoms with Crippen molar-refractivity contribution in [3.05, 3.63) is 33.9 Å². The summed E-state index contributed by atoms with van der Waals surface area (Å²) < 4.78 is 0. The Hall–Kier alpha value is -1.41. The molecule has 2 N–H and O–H groups in total. The molecule has 0 spiro atoms. The van der Waals surface area contributed by atoms with Crippen LogP contribution in [0, 0.1) is 10.1 Å². The van der Waals surface area contributed by atoms with Gasteiger partial charge in [0.2, 0.25) is 0 Å². The zero-order valence-electron chi connectivity index (χ0n) is 13.2. The number of halogens is 2. The number of nitro groups is 1. The number of piperazine rings is 1. The summed E-state index contributed by atoms with van der Waals surface area (Å²) in [4.78, 5) is 24.6. The van der Waals surface area contributed by atoms with E-state index in [1.165, 1.54) is 25.1 Å². The molecule has 24 heavy (non-hydrogen) atoms. The second-order valence-electron chi connectivity index (χ2n) is 5.92. The molecular formula is C15H21Cl2N3O4. The van der Waals surface area contributed by atoms with Crippen molar-refractivity contribution in [2.24, 2.45) is 0 Å². The number of nitro benzene ring substituents is 1. The van der Waals surface area contributed by atoms with Gasteiger partial charge in [0.1, 0.15) is 0 Å². The third kappa shape index (κ3) is 3.49. The number of ketones is 1. The van der Waals surface area contributed by atoms with Gasteiger partial charge in [-0.05, 0) is 25.8 Å². The van der Waals surface area contributed by atoms with Crippen LogP contribution in [-0.2, 0) is 0 Å². The summed E-state index contributed by atoms with van der Waals surface area (Å²) >= 11 is 0. The summed E-state index contributed by atoms with van der Waals surface area (Å²) in [7, 11) is 0. The molecule has 9 heteroatoms. The van der Waals surface area contributed by atoms with Crippen molar-refractivity contribution in [2.75, 3.05) is 18.1 Å². The monoisotopic (exact) mass is 377 g/mol. The Balaban J connectivity index is 0.00000144. The number of fused-ring (bicyclic) bond motifs is 2. The van der Waals surface area contributed by atoms with Crippen LogP contribution in [0.1, 0.15) is 30.1 Å². The van der Waals surface area contributed by atoms with Crippen LogP contribution in [0.3, 0.4) is 0 Å². The van der Waals surface area contributed by atoms with Crippen LogP contribution in [0.2, 0.25) is 0 Å². The van der Waals surface area contributed by atoms with E-state index in [2.05, 4.69) is 10.2 Å². The van der Waals surface area contributed by atoms with Crippen molar-refractivity contribution in [1.29, 1.82) is 0 Å². The lowest BCUT2D eigenvalue weighted by atomic mass is 10.0. The second kappa shape index (κ2) is 8.11. The Morgan fingerprint density at radius 2 is 2.12 bits per heavy atom. The third-order valence-corrected chi connectivity index (χ3v) is 4.67. The summed E-state index contributed by atoms with van der Waals surface area (Å²) in [5, 5.41) is 23.9. The molecule has 0 aliphatic carbocycles. The zero-order chi connectivity index (χ0) is 15.9. The highest BCUT2D eigenvalue weighted by molar-refractivity contribution is 6.00. The number of carbonyl (C=O) groups excluding carboxylic acids is 1. The summed E-state index contributed by atoms with van der Waals surface area (Å²) in [5.41, 5.74) is 1.11. The number of nitrogens with zero attached hydrogens (tertiary/aromatic N) is 2. The average molecular weight is 378 g/mol. The fourth-order valence-electron chi connectivity index (χ4n) is 3.64. The summed E-state index contributed by atoms with van der Waals surface area (Å²) in [6.45, 7) is 2.19. The molecule has 1 aromatic carbocycles. The number of carbonyl (C=O) groups is 1. The number of Topliss-reactive ketones (excluding diaryl/α,β-unsaturated/α-hetero) is 1. The molecule has 2 aliphatic heterocycles. The predicted octanol–water partition coefficient (Wildman–Crippen LogP) is 1.94. The molecule has 2 fully saturated rings. The smallest absolute Gasteiger partial charge is 0.271 e. The molecule has 2 bridgehead atoms. The van der Waals surface area contributed by atoms with Gasteiger partial charge in [-0.1, -0.05) is 0 Å². The Morgan fingerprint density at radius 3 is 2.71 bits per heavy atom. The first kappa shape index (κ1) is 20.6. The molecule has 0 radical (unpaired) electrons. The summed E-state index contributed by atoms with van der Waals surface area (Å²) in [5.74, 6) is -0.108. The Labute approximate surface area is 152 Å². The zero-order valence-corrected chi connectivity index (χ0v) is 14.8. The summed E-state index contributed by atoms with van der Waals surface area (Å²) in [6, 6.07) is 4.58. The van der Waals surface area contributed by atoms with Crippen molar-refractivity contribution < 1.29 is 14.8 Å². The minimum absolute atomic E-state index is 0. The first-order valence-corrected chi connectivity index (χ1v) is 7.45. The van der Waals surface area contributed by atoms with E-state index < -0.39 is 4.92 Å². The average Bonchev–Trinajstić information content (AvgIpc) is 2.80. The SMILES string of the molecule is CC(=O)c1ccc([N+](=O)[O-])cc1N1[C@@H]2CC[C@H]1[C@@H](CO)NC2.Cl.Cl. The van der Waals surface area contributed by atoms with Gasteiger partial charge < -0.3 is 15.3 Å². The minimum Gasteiger partial charge on any atom is -0.395 e. The largest absolute Gasteiger partial charge is 0.395 e. The molecule has 2 aliphatic rings. The van der Waals surface area contributed by atoms with Gasteiger partial charge >= 0.3 is 0 Å². The van der Waals surface area contributed by atoms with E-state index >= 15 is 0 Å². The maximum Gasteiger partial charge on any atom is 0.271 e. The highest BCUT2D eigenvalue weighted by atomic mass is 35.5. The number of hydrogen-bond acceptors (Lipinski definition) is 6. The van der Waals surface area contributed by atoms with Gasteiger partial charge in [0.05, 0.1) is 23.3 Å². The number of hydrogen-bond donors (Lipinski definition) is 2. The molecule has 7 nitrogen and oxygen atoms in total. The van der Waals surface area contributed by atoms with Crippen LogP contribution in [-0.4, -0.2) is 47.1 Å². The van der Waals surface area contributed by atoms with E-state index in [4.69, 9.17) is 0 Å². The molecule has 0 amide bonds. The van der Waals surface area contributed by atoms with Crippen LogP contribution in [0.5, 0.6) is 0 Å². The van der Waals surface area contributed by atoms with Crippen molar-refractivity contribution in [3.63, 3.8) is 0 Å². The normalized spacial score (nSPS) is 24.8. The molecule has 2 saturated heterocycles. The van der Waals surface area contributed by atoms with Gasteiger partial charge in [0.25, 0.3) is 5.69 Å². The lowest BCUT2D eigenvalue weighted by Gasteiger charge is -2.42. The van der Waals surface area contributed by atoms with Crippen LogP contribution >= 0.6 is 24.8 Å². The quantitative estimate of drug-likeness (QED) is 0.472. The van der Waals surface area contributed by atoms with Crippen molar-refractivity contribution in [3.8, 4) is 0 Å². The van der Waals surface area contributed by atoms with Crippen LogP contribution in [0.25, 0.3) is 0 Å². The van der Waals surface area contributed by atoms with E-state index in [1.54, 1.807) is 0 Å². The maximum atomic E-state index is 11.9. The number of aliphatic hydroxyl groups is 1. The second-order valence-corrected chi connectivity index (χ2v) is 5.92. The maximum absolute atomic E-state index is 11.9. The molecule has 0 saturated carbocycles. The molecule has 0 unspecified atom stereocenters. The third-order valence-electron chi connectivity index (χ3n) is 4.67. The van der Waals surface area contributed by atoms with Gasteiger partial charge in [0, 0.05) is 36.3 Å². The van der Waals surface area contributed by atoms with Gasteiger partial charge in [-0.15, -0.1) is 24.8 Å². The lowest BCUT2D eigenvalue weighted by molar-refractivity contribution is -0.384. The molecule has 0 aromatic heterocycles. The van der Waals surface area contributed by atoms with E-state index in [9.17, 15) is 20.0 Å². The van der Waals surface area contributed by atoms with Gasteiger partial charge in [0.15, 0.2) is 5.78 Å². The number of benzene rings is 1. The number of aliphatic hydroxyl groups excluding tert-OH is 1. The topological polar surface area (TPSA) is 95.7 Å². The minimum atomic E-state index is -0.443. The Morgan fingerprint density at radius 1 is 1.42 bits per heavy atom. The van der Waals surface area contributed by atoms with E-state index in [0.717, 1.165) is 12.8 Å². The van der Waals surface area contributed by atoms with Gasteiger partial charge in [-0.25, -0.2) is 0 Å². The first-order valence-electron chi connectivity index (χ1n) is 7.45. The fourth-order valence-corrected chi connectivity index (χ4v) is 3.64. The van der Waals surface area contributed by atoms with E-state index in [-0.39, 0.29) is 61.0 Å². The van der Waals surface area contributed by atoms with E-state index in [0.29, 0.717) is 17.8 Å². The Kier molecular flexibility index (Phi) is 6.97. The number of non-ortho nitro benzene ring substituents is 1. The van der Waals surface area contributed by atoms with Crippen molar-refractivity contribution in [1.82, 2.24) is 5.32 Å². The standard InChI is InChI=1S/C15H19N3O4.2ClH/c1-9(20)12-4-2-10(18(21)22)6-15(12)17-11-3-5-14(17)13(8-19)16-7-11;;/h2,4,6,11,13-14,16,19H,3,5,7-8H2,1H3;2*1H/t11-,13-,14+;;/m1../s1. The van der Waals surface area contributed by atoms with Gasteiger partial charge in [-0.3, -0.25) is 14.9 Å².